The minimum Gasteiger partial charge on any atom is -0.432 e. The van der Waals surface area contributed by atoms with E-state index >= 15 is 0 Å². The molecule has 1 aliphatic carbocycles. The Morgan fingerprint density at radius 2 is 1.71 bits per heavy atom. The molecule has 6 heteroatoms. The zero-order chi connectivity index (χ0) is 25.0. The van der Waals surface area contributed by atoms with E-state index in [1.165, 1.54) is 56.9 Å². The highest BCUT2D eigenvalue weighted by molar-refractivity contribution is 7.96. The van der Waals surface area contributed by atoms with Gasteiger partial charge in [0.15, 0.2) is 0 Å². The monoisotopic (exact) mass is 506 g/mol. The fourth-order valence-corrected chi connectivity index (χ4v) is 6.07. The van der Waals surface area contributed by atoms with E-state index in [-0.39, 0.29) is 22.1 Å². The lowest BCUT2D eigenvalue weighted by atomic mass is 9.62. The van der Waals surface area contributed by atoms with Crippen molar-refractivity contribution in [2.75, 3.05) is 6.54 Å². The van der Waals surface area contributed by atoms with Crippen LogP contribution in [0.3, 0.4) is 0 Å². The summed E-state index contributed by atoms with van der Waals surface area (Å²) in [4.78, 5) is 11.5. The number of thiocarbonyl (C=S) groups is 1. The first-order valence-corrected chi connectivity index (χ1v) is 14.0. The molecule has 34 heavy (non-hydrogen) atoms. The molecule has 4 nitrogen and oxygen atoms in total. The van der Waals surface area contributed by atoms with Crippen molar-refractivity contribution in [2.24, 2.45) is 10.8 Å². The first-order valence-electron chi connectivity index (χ1n) is 13.2. The summed E-state index contributed by atoms with van der Waals surface area (Å²) < 4.78 is 6.09. The molecule has 1 aromatic rings. The number of benzene rings is 1. The Labute approximate surface area is 218 Å². The van der Waals surface area contributed by atoms with Gasteiger partial charge >= 0.3 is 0 Å². The molecule has 2 atom stereocenters. The van der Waals surface area contributed by atoms with E-state index in [0.717, 1.165) is 31.4 Å². The molecule has 0 bridgehead atoms. The number of hydrogen-bond acceptors (Lipinski definition) is 3. The largest absolute Gasteiger partial charge is 0.432 e. The summed E-state index contributed by atoms with van der Waals surface area (Å²) in [7, 11) is 0. The Morgan fingerprint density at radius 3 is 2.38 bits per heavy atom. The predicted molar refractivity (Wildman–Crippen MR) is 151 cm³/mol. The normalized spacial score (nSPS) is 21.6. The summed E-state index contributed by atoms with van der Waals surface area (Å²) in [6.45, 7) is 9.77. The van der Waals surface area contributed by atoms with E-state index in [9.17, 15) is 4.79 Å². The van der Waals surface area contributed by atoms with Crippen LogP contribution in [0, 0.1) is 10.8 Å². The van der Waals surface area contributed by atoms with E-state index in [1.807, 2.05) is 12.1 Å². The quantitative estimate of drug-likeness (QED) is 0.145. The molecule has 2 N–H and O–H groups in total. The van der Waals surface area contributed by atoms with Crippen LogP contribution in [0.5, 0.6) is 5.75 Å². The number of aryl methyl sites for hydroxylation is 1. The molecule has 0 aromatic heterocycles. The van der Waals surface area contributed by atoms with Gasteiger partial charge in [0.2, 0.25) is 0 Å². The molecule has 1 aliphatic rings. The van der Waals surface area contributed by atoms with Crippen molar-refractivity contribution in [3.8, 4) is 5.75 Å². The van der Waals surface area contributed by atoms with Gasteiger partial charge in [-0.1, -0.05) is 103 Å². The van der Waals surface area contributed by atoms with Crippen molar-refractivity contribution in [3.05, 3.63) is 29.8 Å². The second-order valence-corrected chi connectivity index (χ2v) is 12.1. The molecule has 1 amide bonds. The molecule has 192 valence electrons. The number of ether oxygens (including phenoxy) is 1. The number of rotatable bonds is 13. The lowest BCUT2D eigenvalue weighted by molar-refractivity contribution is 0.0778. The van der Waals surface area contributed by atoms with E-state index in [1.54, 1.807) is 0 Å². The first-order chi connectivity index (χ1) is 16.1. The van der Waals surface area contributed by atoms with Gasteiger partial charge in [0, 0.05) is 12.6 Å². The zero-order valence-corrected chi connectivity index (χ0v) is 23.5. The van der Waals surface area contributed by atoms with Crippen LogP contribution in [-0.4, -0.2) is 23.0 Å². The average Bonchev–Trinajstić information content (AvgIpc) is 2.73. The van der Waals surface area contributed by atoms with Crippen LogP contribution < -0.4 is 15.4 Å². The summed E-state index contributed by atoms with van der Waals surface area (Å²) in [6, 6.07) is 8.37. The second-order valence-electron chi connectivity index (χ2n) is 11.3. The number of nitrogens with one attached hydrogen (secondary N) is 2. The molecule has 2 unspecified atom stereocenters. The molecule has 0 radical (unpaired) electrons. The van der Waals surface area contributed by atoms with E-state index in [4.69, 9.17) is 17.0 Å². The Morgan fingerprint density at radius 1 is 1.06 bits per heavy atom. The van der Waals surface area contributed by atoms with Gasteiger partial charge in [-0.05, 0) is 66.8 Å². The molecule has 0 saturated heterocycles. The Hall–Kier alpha value is -1.27. The van der Waals surface area contributed by atoms with Crippen LogP contribution in [0.25, 0.3) is 0 Å². The van der Waals surface area contributed by atoms with Crippen molar-refractivity contribution in [3.63, 3.8) is 0 Å². The predicted octanol–water partition coefficient (Wildman–Crippen LogP) is 7.85. The van der Waals surface area contributed by atoms with Crippen molar-refractivity contribution in [1.82, 2.24) is 10.6 Å². The Bertz CT molecular complexity index is 783. The number of hydrogen-bond donors (Lipinski definition) is 3. The highest BCUT2D eigenvalue weighted by atomic mass is 32.1. The molecular formula is C28H46N2O2S2. The minimum atomic E-state index is -0.259. The maximum Gasteiger partial charge on any atom is 0.276 e. The fourth-order valence-electron chi connectivity index (χ4n) is 5.73. The van der Waals surface area contributed by atoms with Gasteiger partial charge in [0.25, 0.3) is 10.4 Å². The summed E-state index contributed by atoms with van der Waals surface area (Å²) in [5, 5.41) is 6.52. The summed E-state index contributed by atoms with van der Waals surface area (Å²) in [5.74, 6) is 0.859. The third kappa shape index (κ3) is 11.0. The van der Waals surface area contributed by atoms with Gasteiger partial charge in [0.05, 0.1) is 0 Å². The standard InChI is InChI=1S/C28H46N2O2S2/c1-5-6-7-8-9-10-11-12-15-22-16-13-14-17-24(22)32-26(34)29-21-28(4)19-23(30-25(31)33)18-27(2,3)20-28/h13-14,16-17,23H,5-12,15,18-21H2,1-4H3,(H,29,34)(H2,30,31,33). The average molecular weight is 507 g/mol. The molecule has 1 aromatic carbocycles. The lowest BCUT2D eigenvalue weighted by Gasteiger charge is -2.46. The molecule has 0 spiro atoms. The van der Waals surface area contributed by atoms with Crippen LogP contribution in [0.4, 0.5) is 4.79 Å². The topological polar surface area (TPSA) is 50.4 Å². The van der Waals surface area contributed by atoms with Gasteiger partial charge < -0.3 is 15.4 Å². The lowest BCUT2D eigenvalue weighted by Crippen LogP contribution is -2.49. The van der Waals surface area contributed by atoms with Crippen LogP contribution in [0.15, 0.2) is 24.3 Å². The molecule has 1 saturated carbocycles. The Kier molecular flexibility index (Phi) is 12.2. The highest BCUT2D eigenvalue weighted by Crippen LogP contribution is 2.45. The van der Waals surface area contributed by atoms with Crippen molar-refractivity contribution < 1.29 is 9.53 Å². The molecule has 2 rings (SSSR count). The summed E-state index contributed by atoms with van der Waals surface area (Å²) in [6.07, 6.45) is 14.5. The SMILES string of the molecule is CCCCCCCCCCc1ccccc1OC(=S)NCC1(C)CC(NC(=O)S)CC(C)(C)C1. The van der Waals surface area contributed by atoms with Gasteiger partial charge in [-0.25, -0.2) is 0 Å². The van der Waals surface area contributed by atoms with Gasteiger partial charge in [-0.2, -0.15) is 0 Å². The summed E-state index contributed by atoms with van der Waals surface area (Å²) >= 11 is 9.48. The number of para-hydroxylation sites is 1. The fraction of sp³-hybridized carbons (Fsp3) is 0.714. The van der Waals surface area contributed by atoms with Crippen LogP contribution >= 0.6 is 24.8 Å². The number of thiol groups is 1. The summed E-state index contributed by atoms with van der Waals surface area (Å²) in [5.41, 5.74) is 1.37. The van der Waals surface area contributed by atoms with Crippen molar-refractivity contribution >= 4 is 35.3 Å². The second kappa shape index (κ2) is 14.3. The van der Waals surface area contributed by atoms with Crippen LogP contribution in [0.2, 0.25) is 0 Å². The van der Waals surface area contributed by atoms with E-state index < -0.39 is 0 Å². The number of carbonyl (C=O) groups is 1. The Balaban J connectivity index is 1.81. The highest BCUT2D eigenvalue weighted by Gasteiger charge is 2.41. The third-order valence-corrected chi connectivity index (χ3v) is 7.26. The first kappa shape index (κ1) is 29.0. The van der Waals surface area contributed by atoms with Gasteiger partial charge in [-0.3, -0.25) is 4.79 Å². The van der Waals surface area contributed by atoms with Crippen LogP contribution in [0.1, 0.15) is 104 Å². The minimum absolute atomic E-state index is 0.00666. The van der Waals surface area contributed by atoms with Crippen LogP contribution in [-0.2, 0) is 6.42 Å². The molecular weight excluding hydrogens is 460 g/mol. The number of amides is 1. The smallest absolute Gasteiger partial charge is 0.276 e. The van der Waals surface area contributed by atoms with Gasteiger partial charge in [-0.15, -0.1) is 0 Å². The maximum absolute atomic E-state index is 11.5. The molecule has 1 fully saturated rings. The number of unbranched alkanes of at least 4 members (excludes halogenated alkanes) is 7. The van der Waals surface area contributed by atoms with E-state index in [0.29, 0.717) is 11.7 Å². The van der Waals surface area contributed by atoms with E-state index in [2.05, 4.69) is 63.1 Å². The maximum atomic E-state index is 11.5. The van der Waals surface area contributed by atoms with Gasteiger partial charge in [0.1, 0.15) is 5.75 Å². The number of carbonyl (C=O) groups excluding carboxylic acids is 1. The molecule has 0 heterocycles. The molecule has 0 aliphatic heterocycles. The van der Waals surface area contributed by atoms with Crippen molar-refractivity contribution in [2.45, 2.75) is 111 Å². The third-order valence-electron chi connectivity index (χ3n) is 6.91. The van der Waals surface area contributed by atoms with Crippen molar-refractivity contribution in [1.29, 1.82) is 0 Å². The zero-order valence-electron chi connectivity index (χ0n) is 21.8.